The summed E-state index contributed by atoms with van der Waals surface area (Å²) in [6.07, 6.45) is 4.71. The molecule has 0 atom stereocenters. The number of carbonyl (C=O) groups excluding carboxylic acids is 1. The van der Waals surface area contributed by atoms with Gasteiger partial charge in [-0.15, -0.1) is 0 Å². The fourth-order valence-corrected chi connectivity index (χ4v) is 1.43. The van der Waals surface area contributed by atoms with Crippen LogP contribution in [0.15, 0.2) is 0 Å². The van der Waals surface area contributed by atoms with Gasteiger partial charge in [-0.2, -0.15) is 0 Å². The lowest BCUT2D eigenvalue weighted by Crippen LogP contribution is -2.34. The largest absolute Gasteiger partial charge is 0.342 e. The van der Waals surface area contributed by atoms with E-state index < -0.39 is 0 Å². The predicted octanol–water partition coefficient (Wildman–Crippen LogP) is 0.672. The van der Waals surface area contributed by atoms with Crippen LogP contribution in [0.5, 0.6) is 0 Å². The number of nitrogens with one attached hydrogen (secondary N) is 1. The van der Waals surface area contributed by atoms with E-state index in [1.807, 2.05) is 4.90 Å². The van der Waals surface area contributed by atoms with Gasteiger partial charge >= 0.3 is 0 Å². The Kier molecular flexibility index (Phi) is 3.36. The van der Waals surface area contributed by atoms with Gasteiger partial charge < -0.3 is 4.90 Å². The SMILES string of the molecule is [NH]CC(=O)N1CCCCCC1. The second kappa shape index (κ2) is 4.34. The second-order valence-electron chi connectivity index (χ2n) is 2.97. The van der Waals surface area contributed by atoms with Gasteiger partial charge in [-0.05, 0) is 12.8 Å². The first kappa shape index (κ1) is 8.53. The van der Waals surface area contributed by atoms with Crippen molar-refractivity contribution in [3.63, 3.8) is 0 Å². The van der Waals surface area contributed by atoms with E-state index in [9.17, 15) is 4.79 Å². The average Bonchev–Trinajstić information content (AvgIpc) is 2.30. The molecule has 0 aromatic heterocycles. The summed E-state index contributed by atoms with van der Waals surface area (Å²) in [6.45, 7) is 1.66. The summed E-state index contributed by atoms with van der Waals surface area (Å²) < 4.78 is 0. The molecule has 0 saturated carbocycles. The van der Waals surface area contributed by atoms with Crippen LogP contribution in [-0.4, -0.2) is 30.4 Å². The fourth-order valence-electron chi connectivity index (χ4n) is 1.43. The first-order valence-electron chi connectivity index (χ1n) is 4.27. The summed E-state index contributed by atoms with van der Waals surface area (Å²) >= 11 is 0. The van der Waals surface area contributed by atoms with Crippen molar-refractivity contribution in [1.29, 1.82) is 0 Å². The molecule has 0 aromatic rings. The standard InChI is InChI=1S/C8H15N2O/c9-7-8(11)10-5-3-1-2-4-6-10/h9H,1-7H2. The minimum atomic E-state index is -0.0833. The Morgan fingerprint density at radius 3 is 2.18 bits per heavy atom. The van der Waals surface area contributed by atoms with Gasteiger partial charge in [-0.25, -0.2) is 5.73 Å². The first-order chi connectivity index (χ1) is 5.34. The van der Waals surface area contributed by atoms with Gasteiger partial charge in [0.05, 0.1) is 6.54 Å². The van der Waals surface area contributed by atoms with Crippen LogP contribution in [0, 0.1) is 0 Å². The van der Waals surface area contributed by atoms with E-state index in [0.29, 0.717) is 0 Å². The van der Waals surface area contributed by atoms with Gasteiger partial charge in [0, 0.05) is 13.1 Å². The Bertz CT molecular complexity index is 128. The third-order valence-corrected chi connectivity index (χ3v) is 2.11. The fraction of sp³-hybridized carbons (Fsp3) is 0.875. The molecule has 3 nitrogen and oxygen atoms in total. The van der Waals surface area contributed by atoms with Crippen LogP contribution in [0.4, 0.5) is 0 Å². The number of likely N-dealkylation sites (tertiary alicyclic amines) is 1. The first-order valence-corrected chi connectivity index (χ1v) is 4.27. The van der Waals surface area contributed by atoms with Gasteiger partial charge in [-0.3, -0.25) is 4.79 Å². The maximum Gasteiger partial charge on any atom is 0.237 e. The van der Waals surface area contributed by atoms with Crippen LogP contribution in [-0.2, 0) is 4.79 Å². The van der Waals surface area contributed by atoms with Crippen LogP contribution in [0.1, 0.15) is 25.7 Å². The molecular formula is C8H15N2O. The van der Waals surface area contributed by atoms with Crippen molar-refractivity contribution in [3.8, 4) is 0 Å². The molecule has 11 heavy (non-hydrogen) atoms. The zero-order valence-corrected chi connectivity index (χ0v) is 6.81. The zero-order valence-electron chi connectivity index (χ0n) is 6.81. The highest BCUT2D eigenvalue weighted by atomic mass is 16.2. The summed E-state index contributed by atoms with van der Waals surface area (Å²) in [7, 11) is 0. The second-order valence-corrected chi connectivity index (χ2v) is 2.97. The van der Waals surface area contributed by atoms with E-state index in [0.717, 1.165) is 25.9 Å². The number of hydrogen-bond acceptors (Lipinski definition) is 1. The van der Waals surface area contributed by atoms with Crippen LogP contribution in [0.2, 0.25) is 0 Å². The van der Waals surface area contributed by atoms with Crippen LogP contribution >= 0.6 is 0 Å². The summed E-state index contributed by atoms with van der Waals surface area (Å²) in [5.41, 5.74) is 6.93. The molecule has 0 aliphatic carbocycles. The molecular weight excluding hydrogens is 140 g/mol. The number of carbonyl (C=O) groups is 1. The lowest BCUT2D eigenvalue weighted by atomic mass is 10.2. The van der Waals surface area contributed by atoms with Crippen molar-refractivity contribution in [1.82, 2.24) is 10.6 Å². The third kappa shape index (κ3) is 2.50. The average molecular weight is 155 g/mol. The van der Waals surface area contributed by atoms with Gasteiger partial charge in [0.2, 0.25) is 5.91 Å². The van der Waals surface area contributed by atoms with Crippen molar-refractivity contribution < 1.29 is 4.79 Å². The molecule has 1 radical (unpaired) electrons. The molecule has 1 aliphatic rings. The van der Waals surface area contributed by atoms with E-state index in [4.69, 9.17) is 5.73 Å². The van der Waals surface area contributed by atoms with E-state index >= 15 is 0 Å². The number of nitrogens with zero attached hydrogens (tertiary/aromatic N) is 1. The summed E-state index contributed by atoms with van der Waals surface area (Å²) in [5.74, 6) is -0.00750. The monoisotopic (exact) mass is 155 g/mol. The molecule has 63 valence electrons. The molecule has 3 heteroatoms. The molecule has 1 rings (SSSR count). The maximum atomic E-state index is 11.1. The highest BCUT2D eigenvalue weighted by Gasteiger charge is 2.12. The molecule has 0 aromatic carbocycles. The van der Waals surface area contributed by atoms with Gasteiger partial charge in [-0.1, -0.05) is 12.8 Å². The summed E-state index contributed by atoms with van der Waals surface area (Å²) in [5, 5.41) is 0. The maximum absolute atomic E-state index is 11.1. The zero-order chi connectivity index (χ0) is 8.10. The number of rotatable bonds is 1. The third-order valence-electron chi connectivity index (χ3n) is 2.11. The molecule has 1 N–H and O–H groups in total. The van der Waals surface area contributed by atoms with E-state index in [2.05, 4.69) is 0 Å². The molecule has 0 bridgehead atoms. The van der Waals surface area contributed by atoms with Gasteiger partial charge in [0.25, 0.3) is 0 Å². The number of hydrogen-bond donors (Lipinski definition) is 0. The topological polar surface area (TPSA) is 44.1 Å². The van der Waals surface area contributed by atoms with Crippen molar-refractivity contribution in [3.05, 3.63) is 0 Å². The Labute approximate surface area is 67.5 Å². The molecule has 0 unspecified atom stereocenters. The molecule has 1 aliphatic heterocycles. The molecule has 1 saturated heterocycles. The van der Waals surface area contributed by atoms with Crippen molar-refractivity contribution in [2.75, 3.05) is 19.6 Å². The van der Waals surface area contributed by atoms with E-state index in [1.165, 1.54) is 12.8 Å². The van der Waals surface area contributed by atoms with Crippen LogP contribution in [0.25, 0.3) is 0 Å². The number of amides is 1. The van der Waals surface area contributed by atoms with Gasteiger partial charge in [0.1, 0.15) is 0 Å². The van der Waals surface area contributed by atoms with Crippen molar-refractivity contribution in [2.24, 2.45) is 0 Å². The van der Waals surface area contributed by atoms with E-state index in [-0.39, 0.29) is 12.5 Å². The molecule has 1 heterocycles. The van der Waals surface area contributed by atoms with Gasteiger partial charge in [0.15, 0.2) is 0 Å². The highest BCUT2D eigenvalue weighted by Crippen LogP contribution is 2.08. The molecule has 0 spiro atoms. The lowest BCUT2D eigenvalue weighted by molar-refractivity contribution is -0.129. The van der Waals surface area contributed by atoms with E-state index in [1.54, 1.807) is 0 Å². The quantitative estimate of drug-likeness (QED) is 0.549. The van der Waals surface area contributed by atoms with Crippen molar-refractivity contribution in [2.45, 2.75) is 25.7 Å². The minimum Gasteiger partial charge on any atom is -0.342 e. The highest BCUT2D eigenvalue weighted by molar-refractivity contribution is 5.77. The minimum absolute atomic E-state index is 0.00750. The van der Waals surface area contributed by atoms with Crippen LogP contribution < -0.4 is 5.73 Å². The Morgan fingerprint density at radius 1 is 1.18 bits per heavy atom. The summed E-state index contributed by atoms with van der Waals surface area (Å²) in [6, 6.07) is 0. The molecule has 1 amide bonds. The normalized spacial score (nSPS) is 19.5. The predicted molar refractivity (Wildman–Crippen MR) is 43.0 cm³/mol. The Hall–Kier alpha value is -0.570. The van der Waals surface area contributed by atoms with Crippen molar-refractivity contribution >= 4 is 5.91 Å². The lowest BCUT2D eigenvalue weighted by Gasteiger charge is -2.18. The van der Waals surface area contributed by atoms with Crippen LogP contribution in [0.3, 0.4) is 0 Å². The molecule has 1 fully saturated rings. The summed E-state index contributed by atoms with van der Waals surface area (Å²) in [4.78, 5) is 12.9. The Balaban J connectivity index is 2.36. The Morgan fingerprint density at radius 2 is 1.73 bits per heavy atom. The smallest absolute Gasteiger partial charge is 0.237 e.